The van der Waals surface area contributed by atoms with E-state index in [2.05, 4.69) is 4.98 Å². The van der Waals surface area contributed by atoms with Crippen molar-refractivity contribution in [2.45, 2.75) is 38.3 Å². The molecule has 0 radical (unpaired) electrons. The molecular weight excluding hydrogens is 318 g/mol. The highest BCUT2D eigenvalue weighted by Crippen LogP contribution is 2.31. The molecule has 2 aromatic rings. The summed E-state index contributed by atoms with van der Waals surface area (Å²) in [6.45, 7) is 0.740. The number of methoxy groups -OCH3 is 1. The van der Waals surface area contributed by atoms with Crippen LogP contribution in [0.5, 0.6) is 5.75 Å². The summed E-state index contributed by atoms with van der Waals surface area (Å²) in [7, 11) is 1.64. The van der Waals surface area contributed by atoms with Crippen molar-refractivity contribution in [3.63, 3.8) is 0 Å². The molecule has 25 heavy (non-hydrogen) atoms. The van der Waals surface area contributed by atoms with Crippen molar-refractivity contribution >= 4 is 5.91 Å². The van der Waals surface area contributed by atoms with E-state index in [1.54, 1.807) is 19.4 Å². The molecule has 2 heterocycles. The zero-order valence-corrected chi connectivity index (χ0v) is 14.4. The van der Waals surface area contributed by atoms with Gasteiger partial charge in [0.05, 0.1) is 13.2 Å². The van der Waals surface area contributed by atoms with E-state index in [-0.39, 0.29) is 18.5 Å². The van der Waals surface area contributed by atoms with Crippen LogP contribution >= 0.6 is 0 Å². The van der Waals surface area contributed by atoms with Gasteiger partial charge in [-0.05, 0) is 36.6 Å². The normalized spacial score (nSPS) is 17.8. The zero-order chi connectivity index (χ0) is 17.6. The summed E-state index contributed by atoms with van der Waals surface area (Å²) in [6.07, 6.45) is 7.17. The monoisotopic (exact) mass is 341 g/mol. The quantitative estimate of drug-likeness (QED) is 0.856. The number of carbonyl (C=O) groups is 1. The summed E-state index contributed by atoms with van der Waals surface area (Å²) < 4.78 is 6.58. The first-order chi connectivity index (χ1) is 12.2. The smallest absolute Gasteiger partial charge is 0.347 e. The number of hydrogen-bond donors (Lipinski definition) is 0. The highest BCUT2D eigenvalue weighted by atomic mass is 16.5. The number of hydrogen-bond acceptors (Lipinski definition) is 4. The summed E-state index contributed by atoms with van der Waals surface area (Å²) >= 11 is 0. The van der Waals surface area contributed by atoms with Gasteiger partial charge in [0.15, 0.2) is 0 Å². The second-order valence-corrected chi connectivity index (χ2v) is 6.26. The van der Waals surface area contributed by atoms with E-state index in [4.69, 9.17) is 4.74 Å². The van der Waals surface area contributed by atoms with Crippen molar-refractivity contribution in [1.29, 1.82) is 0 Å². The molecule has 3 rings (SSSR count). The van der Waals surface area contributed by atoms with Crippen LogP contribution in [0.15, 0.2) is 47.5 Å². The number of likely N-dealkylation sites (tertiary alicyclic amines) is 1. The first-order valence-corrected chi connectivity index (χ1v) is 8.64. The van der Waals surface area contributed by atoms with Crippen LogP contribution in [0.1, 0.15) is 37.3 Å². The number of amides is 1. The van der Waals surface area contributed by atoms with Gasteiger partial charge < -0.3 is 9.64 Å². The molecule has 0 saturated carbocycles. The lowest BCUT2D eigenvalue weighted by Gasteiger charge is -2.31. The molecule has 1 aromatic heterocycles. The van der Waals surface area contributed by atoms with Crippen LogP contribution in [0.2, 0.25) is 0 Å². The number of aromatic nitrogens is 2. The minimum Gasteiger partial charge on any atom is -0.497 e. The van der Waals surface area contributed by atoms with Crippen molar-refractivity contribution in [2.75, 3.05) is 13.7 Å². The first-order valence-electron chi connectivity index (χ1n) is 8.64. The van der Waals surface area contributed by atoms with E-state index in [1.165, 1.54) is 10.8 Å². The molecule has 1 atom stereocenters. The maximum atomic E-state index is 12.9. The van der Waals surface area contributed by atoms with E-state index in [1.807, 2.05) is 29.2 Å². The van der Waals surface area contributed by atoms with Crippen LogP contribution in [-0.2, 0) is 11.3 Å². The minimum absolute atomic E-state index is 0.0271. The minimum atomic E-state index is -0.397. The average molecular weight is 341 g/mol. The number of benzene rings is 1. The Bertz CT molecular complexity index is 770. The van der Waals surface area contributed by atoms with Crippen LogP contribution in [0.4, 0.5) is 0 Å². The van der Waals surface area contributed by atoms with Gasteiger partial charge in [0, 0.05) is 18.9 Å². The lowest BCUT2D eigenvalue weighted by Crippen LogP contribution is -2.39. The molecule has 1 fully saturated rings. The third-order valence-electron chi connectivity index (χ3n) is 4.66. The molecule has 6 nitrogen and oxygen atoms in total. The average Bonchev–Trinajstić information content (AvgIpc) is 2.90. The van der Waals surface area contributed by atoms with Gasteiger partial charge in [-0.3, -0.25) is 9.36 Å². The van der Waals surface area contributed by atoms with Gasteiger partial charge in [0.2, 0.25) is 5.91 Å². The van der Waals surface area contributed by atoms with E-state index >= 15 is 0 Å². The molecule has 1 aliphatic rings. The third kappa shape index (κ3) is 4.07. The zero-order valence-electron chi connectivity index (χ0n) is 14.4. The highest BCUT2D eigenvalue weighted by Gasteiger charge is 2.27. The van der Waals surface area contributed by atoms with Crippen molar-refractivity contribution in [2.24, 2.45) is 0 Å². The Labute approximate surface area is 147 Å². The van der Waals surface area contributed by atoms with Crippen LogP contribution < -0.4 is 10.4 Å². The number of carbonyl (C=O) groups excluding carboxylic acids is 1. The van der Waals surface area contributed by atoms with E-state index in [0.717, 1.165) is 37.0 Å². The van der Waals surface area contributed by atoms with Crippen molar-refractivity contribution in [3.8, 4) is 5.75 Å². The standard InChI is InChI=1S/C19H23N3O3/c1-25-16-9-7-15(8-10-16)17-6-3-2-4-13-22(17)18(23)14-21-12-5-11-20-19(21)24/h5,7-12,17H,2-4,6,13-14H2,1H3/t17-/m1/s1. The molecule has 0 spiro atoms. The number of rotatable bonds is 4. The molecular formula is C19H23N3O3. The van der Waals surface area contributed by atoms with E-state index < -0.39 is 5.69 Å². The van der Waals surface area contributed by atoms with Gasteiger partial charge in [-0.25, -0.2) is 9.78 Å². The molecule has 1 amide bonds. The Hall–Kier alpha value is -2.63. The first kappa shape index (κ1) is 17.2. The van der Waals surface area contributed by atoms with Crippen LogP contribution in [0.25, 0.3) is 0 Å². The Balaban J connectivity index is 1.83. The molecule has 1 aliphatic heterocycles. The second-order valence-electron chi connectivity index (χ2n) is 6.26. The summed E-state index contributed by atoms with van der Waals surface area (Å²) in [5.41, 5.74) is 0.709. The molecule has 0 bridgehead atoms. The lowest BCUT2D eigenvalue weighted by molar-refractivity contribution is -0.134. The Morgan fingerprint density at radius 2 is 2.04 bits per heavy atom. The van der Waals surface area contributed by atoms with Crippen LogP contribution in [-0.4, -0.2) is 34.0 Å². The van der Waals surface area contributed by atoms with Gasteiger partial charge >= 0.3 is 5.69 Å². The topological polar surface area (TPSA) is 64.4 Å². The third-order valence-corrected chi connectivity index (χ3v) is 4.66. The molecule has 0 unspecified atom stereocenters. The Morgan fingerprint density at radius 3 is 2.76 bits per heavy atom. The van der Waals surface area contributed by atoms with Gasteiger partial charge in [0.1, 0.15) is 12.3 Å². The second kappa shape index (κ2) is 7.96. The fraction of sp³-hybridized carbons (Fsp3) is 0.421. The molecule has 0 aliphatic carbocycles. The predicted octanol–water partition coefficient (Wildman–Crippen LogP) is 2.40. The number of nitrogens with zero attached hydrogens (tertiary/aromatic N) is 3. The highest BCUT2D eigenvalue weighted by molar-refractivity contribution is 5.76. The van der Waals surface area contributed by atoms with Gasteiger partial charge in [0.25, 0.3) is 0 Å². The molecule has 0 N–H and O–H groups in total. The van der Waals surface area contributed by atoms with Crippen molar-refractivity contribution < 1.29 is 9.53 Å². The van der Waals surface area contributed by atoms with Crippen LogP contribution in [0, 0.1) is 0 Å². The SMILES string of the molecule is COc1ccc([C@H]2CCCCCN2C(=O)Cn2cccnc2=O)cc1. The van der Waals surface area contributed by atoms with Gasteiger partial charge in [-0.15, -0.1) is 0 Å². The van der Waals surface area contributed by atoms with E-state index in [0.29, 0.717) is 6.54 Å². The number of ether oxygens (including phenoxy) is 1. The molecule has 1 saturated heterocycles. The van der Waals surface area contributed by atoms with Crippen molar-refractivity contribution in [1.82, 2.24) is 14.5 Å². The van der Waals surface area contributed by atoms with Crippen molar-refractivity contribution in [3.05, 3.63) is 58.8 Å². The lowest BCUT2D eigenvalue weighted by atomic mass is 10.0. The fourth-order valence-electron chi connectivity index (χ4n) is 3.32. The Morgan fingerprint density at radius 1 is 1.24 bits per heavy atom. The summed E-state index contributed by atoms with van der Waals surface area (Å²) in [4.78, 5) is 30.3. The molecule has 132 valence electrons. The molecule has 1 aromatic carbocycles. The maximum absolute atomic E-state index is 12.9. The van der Waals surface area contributed by atoms with Crippen LogP contribution in [0.3, 0.4) is 0 Å². The fourth-order valence-corrected chi connectivity index (χ4v) is 3.32. The summed E-state index contributed by atoms with van der Waals surface area (Å²) in [6, 6.07) is 9.59. The van der Waals surface area contributed by atoms with Gasteiger partial charge in [-0.2, -0.15) is 0 Å². The maximum Gasteiger partial charge on any atom is 0.347 e. The summed E-state index contributed by atoms with van der Waals surface area (Å²) in [5.74, 6) is 0.759. The van der Waals surface area contributed by atoms with E-state index in [9.17, 15) is 9.59 Å². The summed E-state index contributed by atoms with van der Waals surface area (Å²) in [5, 5.41) is 0. The Kier molecular flexibility index (Phi) is 5.48. The van der Waals surface area contributed by atoms with Gasteiger partial charge in [-0.1, -0.05) is 25.0 Å². The molecule has 6 heteroatoms. The predicted molar refractivity (Wildman–Crippen MR) is 94.4 cm³/mol. The largest absolute Gasteiger partial charge is 0.497 e.